The standard InChI is InChI=1S/C16H18N4O8/c17-18-14(16(27)28)20(7-6-19(8-11(21)22)9-12(23)24)13(15(25)26)10-4-2-1-3-5-10/h1-5,13H,6-9H2,(H,21,22)(H,23,24)(H,25,26)(H,27,28). The van der Waals surface area contributed by atoms with E-state index in [-0.39, 0.29) is 12.1 Å². The van der Waals surface area contributed by atoms with Gasteiger partial charge in [-0.15, -0.1) is 0 Å². The maximum Gasteiger partial charge on any atom is 0.442 e. The van der Waals surface area contributed by atoms with Gasteiger partial charge in [-0.2, -0.15) is 0 Å². The van der Waals surface area contributed by atoms with Crippen LogP contribution in [0.3, 0.4) is 0 Å². The fourth-order valence-electron chi connectivity index (χ4n) is 2.52. The molecule has 150 valence electrons. The van der Waals surface area contributed by atoms with Crippen LogP contribution >= 0.6 is 0 Å². The summed E-state index contributed by atoms with van der Waals surface area (Å²) in [5.41, 5.74) is 9.25. The molecule has 28 heavy (non-hydrogen) atoms. The van der Waals surface area contributed by atoms with E-state index in [1.807, 2.05) is 0 Å². The van der Waals surface area contributed by atoms with Gasteiger partial charge in [-0.25, -0.2) is 14.5 Å². The van der Waals surface area contributed by atoms with Crippen LogP contribution in [0, 0.1) is 0 Å². The molecule has 1 rings (SSSR count). The molecule has 0 spiro atoms. The van der Waals surface area contributed by atoms with Crippen molar-refractivity contribution < 1.29 is 44.4 Å². The Morgan fingerprint density at radius 2 is 1.46 bits per heavy atom. The van der Waals surface area contributed by atoms with E-state index < -0.39 is 55.4 Å². The molecule has 0 radical (unpaired) electrons. The lowest BCUT2D eigenvalue weighted by Crippen LogP contribution is -2.48. The summed E-state index contributed by atoms with van der Waals surface area (Å²) in [6, 6.07) is 5.96. The van der Waals surface area contributed by atoms with Crippen molar-refractivity contribution >= 4 is 29.7 Å². The molecule has 12 heteroatoms. The molecular weight excluding hydrogens is 376 g/mol. The first kappa shape index (κ1) is 22.3. The van der Waals surface area contributed by atoms with Gasteiger partial charge in [0.1, 0.15) is 6.54 Å². The highest BCUT2D eigenvalue weighted by atomic mass is 16.4. The molecular formula is C16H18N4O8. The Bertz CT molecular complexity index is 775. The van der Waals surface area contributed by atoms with Crippen LogP contribution in [0.1, 0.15) is 11.6 Å². The van der Waals surface area contributed by atoms with Crippen LogP contribution in [0.4, 0.5) is 0 Å². The van der Waals surface area contributed by atoms with E-state index in [0.29, 0.717) is 0 Å². The number of carbonyl (C=O) groups is 4. The first-order valence-corrected chi connectivity index (χ1v) is 7.83. The van der Waals surface area contributed by atoms with Crippen molar-refractivity contribution in [2.45, 2.75) is 6.04 Å². The summed E-state index contributed by atoms with van der Waals surface area (Å²) in [4.78, 5) is 49.4. The van der Waals surface area contributed by atoms with Gasteiger partial charge in [0.25, 0.3) is 0 Å². The molecule has 1 aromatic carbocycles. The van der Waals surface area contributed by atoms with E-state index in [0.717, 1.165) is 9.80 Å². The van der Waals surface area contributed by atoms with E-state index in [9.17, 15) is 29.4 Å². The predicted molar refractivity (Wildman–Crippen MR) is 91.5 cm³/mol. The zero-order valence-corrected chi connectivity index (χ0v) is 14.5. The highest BCUT2D eigenvalue weighted by Crippen LogP contribution is 2.21. The summed E-state index contributed by atoms with van der Waals surface area (Å²) in [7, 11) is 0. The van der Waals surface area contributed by atoms with Gasteiger partial charge >= 0.3 is 29.7 Å². The molecule has 0 aromatic heterocycles. The van der Waals surface area contributed by atoms with Gasteiger partial charge in [-0.1, -0.05) is 30.3 Å². The molecule has 1 atom stereocenters. The third-order valence-electron chi connectivity index (χ3n) is 3.59. The maximum absolute atomic E-state index is 11.8. The van der Waals surface area contributed by atoms with Crippen molar-refractivity contribution in [3.63, 3.8) is 0 Å². The fourth-order valence-corrected chi connectivity index (χ4v) is 2.52. The van der Waals surface area contributed by atoms with Crippen LogP contribution in [0.5, 0.6) is 0 Å². The summed E-state index contributed by atoms with van der Waals surface area (Å²) in [6.45, 7) is -2.08. The Hall–Kier alpha value is -3.76. The molecule has 0 aliphatic heterocycles. The van der Waals surface area contributed by atoms with Crippen molar-refractivity contribution in [1.82, 2.24) is 9.80 Å². The zero-order chi connectivity index (χ0) is 21.3. The molecule has 0 aliphatic carbocycles. The minimum atomic E-state index is -1.72. The van der Waals surface area contributed by atoms with Crippen LogP contribution in [-0.2, 0) is 19.2 Å². The average molecular weight is 394 g/mol. The second-order valence-corrected chi connectivity index (χ2v) is 5.57. The third-order valence-corrected chi connectivity index (χ3v) is 3.59. The Morgan fingerprint density at radius 1 is 0.929 bits per heavy atom. The van der Waals surface area contributed by atoms with Crippen LogP contribution in [0.2, 0.25) is 0 Å². The Labute approximate surface area is 158 Å². The largest absolute Gasteiger partial charge is 0.497 e. The molecule has 4 N–H and O–H groups in total. The fraction of sp³-hybridized carbons (Fsp3) is 0.312. The van der Waals surface area contributed by atoms with Gasteiger partial charge in [0.15, 0.2) is 0 Å². The predicted octanol–water partition coefficient (Wildman–Crippen LogP) is -0.702. The minimum absolute atomic E-state index is 0.181. The zero-order valence-electron chi connectivity index (χ0n) is 14.5. The second-order valence-electron chi connectivity index (χ2n) is 5.57. The highest BCUT2D eigenvalue weighted by Gasteiger charge is 2.40. The van der Waals surface area contributed by atoms with Crippen molar-refractivity contribution in [2.75, 3.05) is 26.2 Å². The smallest absolute Gasteiger partial charge is 0.442 e. The number of carboxylic acids is 4. The van der Waals surface area contributed by atoms with Gasteiger partial charge in [-0.3, -0.25) is 14.5 Å². The highest BCUT2D eigenvalue weighted by molar-refractivity contribution is 6.32. The summed E-state index contributed by atoms with van der Waals surface area (Å²) < 4.78 is 0. The Kier molecular flexibility index (Phi) is 8.28. The number of benzene rings is 1. The van der Waals surface area contributed by atoms with E-state index in [4.69, 9.17) is 15.7 Å². The lowest BCUT2D eigenvalue weighted by atomic mass is 10.0. The van der Waals surface area contributed by atoms with Crippen molar-refractivity contribution in [1.29, 1.82) is 0 Å². The van der Waals surface area contributed by atoms with Crippen molar-refractivity contribution in [2.24, 2.45) is 0 Å². The van der Waals surface area contributed by atoms with Gasteiger partial charge in [0, 0.05) is 12.1 Å². The summed E-state index contributed by atoms with van der Waals surface area (Å²) in [5.74, 6) is -6.79. The molecule has 0 bridgehead atoms. The molecule has 1 aromatic rings. The number of amidine groups is 1. The van der Waals surface area contributed by atoms with Crippen LogP contribution in [0.25, 0.3) is 5.53 Å². The monoisotopic (exact) mass is 394 g/mol. The number of hydrogen-bond donors (Lipinski definition) is 4. The molecule has 0 saturated carbocycles. The minimum Gasteiger partial charge on any atom is -0.497 e. The summed E-state index contributed by atoms with van der Waals surface area (Å²) >= 11 is 0. The quantitative estimate of drug-likeness (QED) is 0.171. The number of rotatable bonds is 10. The van der Waals surface area contributed by atoms with Gasteiger partial charge in [0.05, 0.1) is 13.1 Å². The Morgan fingerprint density at radius 3 is 1.86 bits per heavy atom. The van der Waals surface area contributed by atoms with E-state index in [2.05, 4.69) is 4.79 Å². The normalized spacial score (nSPS) is 11.3. The SMILES string of the molecule is [N-]=[N+]=C(C(=O)O)N(CCN(CC(=O)O)CC(=O)O)C(C(=O)O)c1ccccc1. The first-order chi connectivity index (χ1) is 13.2. The van der Waals surface area contributed by atoms with Crippen LogP contribution in [-0.4, -0.2) is 90.9 Å². The number of nitrogens with zero attached hydrogens (tertiary/aromatic N) is 4. The second kappa shape index (κ2) is 10.4. The average Bonchev–Trinajstić information content (AvgIpc) is 2.59. The summed E-state index contributed by atoms with van der Waals surface area (Å²) in [6.07, 6.45) is 0. The van der Waals surface area contributed by atoms with Crippen molar-refractivity contribution in [3.05, 3.63) is 41.4 Å². The van der Waals surface area contributed by atoms with Gasteiger partial charge < -0.3 is 30.7 Å². The van der Waals surface area contributed by atoms with Gasteiger partial charge in [0.2, 0.25) is 6.04 Å². The number of carboxylic acid groups (broad SMARTS) is 4. The van der Waals surface area contributed by atoms with E-state index >= 15 is 0 Å². The molecule has 0 heterocycles. The molecule has 0 saturated heterocycles. The lowest BCUT2D eigenvalue weighted by molar-refractivity contribution is -0.147. The van der Waals surface area contributed by atoms with E-state index in [1.54, 1.807) is 6.07 Å². The maximum atomic E-state index is 11.8. The lowest BCUT2D eigenvalue weighted by Gasteiger charge is -2.25. The number of aliphatic carboxylic acids is 4. The van der Waals surface area contributed by atoms with Gasteiger partial charge in [-0.05, 0) is 0 Å². The van der Waals surface area contributed by atoms with Crippen molar-refractivity contribution in [3.8, 4) is 0 Å². The third kappa shape index (κ3) is 6.52. The topological polar surface area (TPSA) is 192 Å². The molecule has 0 fully saturated rings. The molecule has 0 amide bonds. The molecule has 0 aliphatic rings. The molecule has 1 unspecified atom stereocenters. The van der Waals surface area contributed by atoms with Crippen LogP contribution in [0.15, 0.2) is 30.3 Å². The Balaban J connectivity index is 3.26. The van der Waals surface area contributed by atoms with Crippen LogP contribution < -0.4 is 0 Å². The number of hydrogen-bond acceptors (Lipinski definition) is 5. The van der Waals surface area contributed by atoms with E-state index in [1.165, 1.54) is 24.3 Å². The summed E-state index contributed by atoms with van der Waals surface area (Å²) in [5, 5.41) is 36.6. The first-order valence-electron chi connectivity index (χ1n) is 7.83. The molecule has 12 nitrogen and oxygen atoms in total.